The van der Waals surface area contributed by atoms with Crippen LogP contribution in [0.2, 0.25) is 0 Å². The van der Waals surface area contributed by atoms with E-state index in [1.807, 2.05) is 55.4 Å². The van der Waals surface area contributed by atoms with Crippen molar-refractivity contribution in [1.29, 1.82) is 0 Å². The zero-order valence-corrected chi connectivity index (χ0v) is 36.8. The maximum absolute atomic E-state index is 12.9. The highest BCUT2D eigenvalue weighted by molar-refractivity contribution is 5.86. The number of amides is 3. The van der Waals surface area contributed by atoms with E-state index in [1.165, 1.54) is 62.7 Å². The van der Waals surface area contributed by atoms with E-state index in [0.717, 1.165) is 48.9 Å². The third-order valence-corrected chi connectivity index (χ3v) is 13.8. The van der Waals surface area contributed by atoms with Gasteiger partial charge in [0.15, 0.2) is 0 Å². The summed E-state index contributed by atoms with van der Waals surface area (Å²) in [6.07, 6.45) is 18.9. The van der Waals surface area contributed by atoms with E-state index in [4.69, 9.17) is 14.2 Å². The minimum atomic E-state index is -0.580. The standard InChI is InChI=1S/C44H76N2O6.C2H6/c1-31(2)13-11-12-14-33-16-18-37-36-17-15-34-28-35(19-21-44(34,10)38(36)20-22-43(33,37)9)52-40(49)45-24-26-50-42(7,8)29-51-41(5,6)23-25-46(30-47)39(48)27-32(3)4;1-2/h15,30-33,35-38H,11-14,16-29H2,1-10H3,(H,45,49);1-2H3. The van der Waals surface area contributed by atoms with Crippen molar-refractivity contribution in [2.75, 3.05) is 26.3 Å². The highest BCUT2D eigenvalue weighted by Crippen LogP contribution is 2.66. The van der Waals surface area contributed by atoms with Gasteiger partial charge in [0.05, 0.1) is 24.4 Å². The van der Waals surface area contributed by atoms with E-state index >= 15 is 0 Å². The molecule has 312 valence electrons. The molecule has 1 N–H and O–H groups in total. The Bertz CT molecular complexity index is 1230. The number of hydrogen-bond acceptors (Lipinski definition) is 6. The Morgan fingerprint density at radius 3 is 2.33 bits per heavy atom. The molecule has 0 heterocycles. The summed E-state index contributed by atoms with van der Waals surface area (Å²) in [4.78, 5) is 37.9. The molecular weight excluding hydrogens is 677 g/mol. The van der Waals surface area contributed by atoms with Crippen molar-refractivity contribution in [1.82, 2.24) is 10.2 Å². The Balaban J connectivity index is 0.00000385. The number of carbonyl (C=O) groups is 3. The van der Waals surface area contributed by atoms with Crippen molar-refractivity contribution in [3.05, 3.63) is 11.6 Å². The number of carbonyl (C=O) groups excluding carboxylic acids is 3. The van der Waals surface area contributed by atoms with Crippen LogP contribution < -0.4 is 5.32 Å². The van der Waals surface area contributed by atoms with Crippen LogP contribution in [0.5, 0.6) is 0 Å². The van der Waals surface area contributed by atoms with Gasteiger partial charge in [0.25, 0.3) is 0 Å². The van der Waals surface area contributed by atoms with Gasteiger partial charge in [-0.1, -0.05) is 86.3 Å². The fourth-order valence-electron chi connectivity index (χ4n) is 10.5. The zero-order chi connectivity index (χ0) is 40.3. The van der Waals surface area contributed by atoms with E-state index in [1.54, 1.807) is 5.57 Å². The predicted octanol–water partition coefficient (Wildman–Crippen LogP) is 10.9. The van der Waals surface area contributed by atoms with Crippen LogP contribution in [-0.2, 0) is 23.8 Å². The lowest BCUT2D eigenvalue weighted by atomic mass is 9.47. The molecule has 0 spiro atoms. The zero-order valence-electron chi connectivity index (χ0n) is 36.8. The summed E-state index contributed by atoms with van der Waals surface area (Å²) in [5.74, 6) is 4.21. The molecule has 3 amide bonds. The molecule has 54 heavy (non-hydrogen) atoms. The van der Waals surface area contributed by atoms with E-state index in [2.05, 4.69) is 39.1 Å². The van der Waals surface area contributed by atoms with Crippen LogP contribution in [0, 0.1) is 46.3 Å². The largest absolute Gasteiger partial charge is 0.446 e. The van der Waals surface area contributed by atoms with Crippen molar-refractivity contribution in [3.8, 4) is 0 Å². The van der Waals surface area contributed by atoms with E-state index < -0.39 is 11.2 Å². The Morgan fingerprint density at radius 1 is 0.944 bits per heavy atom. The van der Waals surface area contributed by atoms with E-state index in [-0.39, 0.29) is 29.4 Å². The summed E-state index contributed by atoms with van der Waals surface area (Å²) in [5.41, 5.74) is 1.18. The summed E-state index contributed by atoms with van der Waals surface area (Å²) in [6.45, 7) is 27.0. The van der Waals surface area contributed by atoms with Crippen molar-refractivity contribution in [2.24, 2.45) is 46.3 Å². The number of hydrogen-bond donors (Lipinski definition) is 1. The molecule has 0 saturated heterocycles. The fraction of sp³-hybridized carbons (Fsp3) is 0.891. The smallest absolute Gasteiger partial charge is 0.407 e. The van der Waals surface area contributed by atoms with Crippen LogP contribution in [0.25, 0.3) is 0 Å². The molecule has 0 bridgehead atoms. The van der Waals surface area contributed by atoms with Gasteiger partial charge in [-0.2, -0.15) is 0 Å². The Kier molecular flexibility index (Phi) is 17.6. The monoisotopic (exact) mass is 759 g/mol. The summed E-state index contributed by atoms with van der Waals surface area (Å²) in [7, 11) is 0. The number of imide groups is 1. The Labute approximate surface area is 331 Å². The second-order valence-electron chi connectivity index (χ2n) is 19.7. The molecular formula is C46H82N2O6. The molecule has 7 atom stereocenters. The number of ether oxygens (including phenoxy) is 3. The number of nitrogens with zero attached hydrogens (tertiary/aromatic N) is 1. The van der Waals surface area contributed by atoms with Gasteiger partial charge in [0, 0.05) is 25.9 Å². The average Bonchev–Trinajstić information content (AvgIpc) is 3.44. The molecule has 8 heteroatoms. The Hall–Kier alpha value is -1.93. The van der Waals surface area contributed by atoms with Crippen LogP contribution in [-0.4, -0.2) is 66.9 Å². The number of rotatable bonds is 19. The van der Waals surface area contributed by atoms with Crippen molar-refractivity contribution in [3.63, 3.8) is 0 Å². The first kappa shape index (κ1) is 46.5. The molecule has 0 aromatic carbocycles. The summed E-state index contributed by atoms with van der Waals surface area (Å²) in [5, 5.41) is 2.90. The molecule has 4 rings (SSSR count). The van der Waals surface area contributed by atoms with Gasteiger partial charge in [0.1, 0.15) is 6.10 Å². The fourth-order valence-corrected chi connectivity index (χ4v) is 10.5. The number of allylic oxidation sites excluding steroid dienone is 1. The van der Waals surface area contributed by atoms with Crippen LogP contribution in [0.1, 0.15) is 173 Å². The summed E-state index contributed by atoms with van der Waals surface area (Å²) in [6, 6.07) is 0. The van der Waals surface area contributed by atoms with Crippen LogP contribution in [0.4, 0.5) is 4.79 Å². The third kappa shape index (κ3) is 12.5. The van der Waals surface area contributed by atoms with Crippen LogP contribution in [0.15, 0.2) is 11.6 Å². The molecule has 8 nitrogen and oxygen atoms in total. The minimum Gasteiger partial charge on any atom is -0.446 e. The number of nitrogens with one attached hydrogen (secondary N) is 1. The van der Waals surface area contributed by atoms with Gasteiger partial charge in [-0.15, -0.1) is 0 Å². The van der Waals surface area contributed by atoms with Crippen molar-refractivity contribution < 1.29 is 28.6 Å². The van der Waals surface area contributed by atoms with Gasteiger partial charge in [0.2, 0.25) is 12.3 Å². The van der Waals surface area contributed by atoms with Gasteiger partial charge in [-0.05, 0) is 132 Å². The van der Waals surface area contributed by atoms with Crippen molar-refractivity contribution in [2.45, 2.75) is 190 Å². The first-order valence-corrected chi connectivity index (χ1v) is 22.1. The lowest BCUT2D eigenvalue weighted by Gasteiger charge is -2.58. The molecule has 3 fully saturated rings. The number of alkyl carbamates (subject to hydrolysis) is 1. The minimum absolute atomic E-state index is 0.0739. The third-order valence-electron chi connectivity index (χ3n) is 13.8. The van der Waals surface area contributed by atoms with Gasteiger partial charge < -0.3 is 19.5 Å². The normalized spacial score (nSPS) is 29.3. The first-order chi connectivity index (χ1) is 25.4. The highest BCUT2D eigenvalue weighted by Gasteiger charge is 2.58. The highest BCUT2D eigenvalue weighted by atomic mass is 16.6. The molecule has 7 unspecified atom stereocenters. The second kappa shape index (κ2) is 20.5. The molecule has 4 aliphatic rings. The predicted molar refractivity (Wildman–Crippen MR) is 220 cm³/mol. The van der Waals surface area contributed by atoms with Gasteiger partial charge >= 0.3 is 6.09 Å². The quantitative estimate of drug-likeness (QED) is 0.0801. The topological polar surface area (TPSA) is 94.2 Å². The molecule has 0 radical (unpaired) electrons. The van der Waals surface area contributed by atoms with Crippen LogP contribution in [0.3, 0.4) is 0 Å². The molecule has 0 aromatic heterocycles. The Morgan fingerprint density at radius 2 is 1.67 bits per heavy atom. The van der Waals surface area contributed by atoms with Crippen LogP contribution >= 0.6 is 0 Å². The maximum atomic E-state index is 12.9. The van der Waals surface area contributed by atoms with E-state index in [9.17, 15) is 14.4 Å². The van der Waals surface area contributed by atoms with Gasteiger partial charge in [-0.25, -0.2) is 4.79 Å². The maximum Gasteiger partial charge on any atom is 0.407 e. The number of unbranched alkanes of at least 4 members (excludes halogenated alkanes) is 1. The lowest BCUT2D eigenvalue weighted by Crippen LogP contribution is -2.50. The van der Waals surface area contributed by atoms with Crippen molar-refractivity contribution >= 4 is 18.4 Å². The number of fused-ring (bicyclic) bond motifs is 5. The summed E-state index contributed by atoms with van der Waals surface area (Å²) >= 11 is 0. The SMILES string of the molecule is CC.CC(C)CCCCC1CCC2C3CC=C4CC(OC(=O)NCCOC(C)(C)COC(C)(C)CCN(C=O)C(=O)CC(C)C)CCC4(C)C3CCC12C. The average molecular weight is 759 g/mol. The first-order valence-electron chi connectivity index (χ1n) is 22.1. The van der Waals surface area contributed by atoms with Gasteiger partial charge in [-0.3, -0.25) is 14.5 Å². The molecule has 3 saturated carbocycles. The summed E-state index contributed by atoms with van der Waals surface area (Å²) < 4.78 is 18.2. The lowest BCUT2D eigenvalue weighted by molar-refractivity contribution is -0.141. The second-order valence-corrected chi connectivity index (χ2v) is 19.7. The van der Waals surface area contributed by atoms with E-state index in [0.29, 0.717) is 51.0 Å². The molecule has 4 aliphatic carbocycles. The molecule has 0 aliphatic heterocycles. The molecule has 0 aromatic rings.